The van der Waals surface area contributed by atoms with Crippen LogP contribution in [0, 0.1) is 5.41 Å². The van der Waals surface area contributed by atoms with E-state index in [2.05, 4.69) is 57.3 Å². The van der Waals surface area contributed by atoms with Crippen LogP contribution in [0.4, 0.5) is 0 Å². The third kappa shape index (κ3) is 7.26. The summed E-state index contributed by atoms with van der Waals surface area (Å²) in [6.07, 6.45) is 2.62. The molecule has 0 radical (unpaired) electrons. The Morgan fingerprint density at radius 2 is 1.69 bits per heavy atom. The van der Waals surface area contributed by atoms with E-state index in [1.165, 1.54) is 5.56 Å². The van der Waals surface area contributed by atoms with Gasteiger partial charge in [0.25, 0.3) is 5.91 Å². The standard InChI is InChI=1S/C24H32N2O3/c1-23(2,3)17-24(4,5)19-11-13-20(14-12-19)29-16-22(27)26-25-15-18-9-7-8-10-21(18)28-6/h7-15H,16-17H2,1-6H3,(H,26,27)/b25-15+. The summed E-state index contributed by atoms with van der Waals surface area (Å²) in [5.41, 5.74) is 4.82. The SMILES string of the molecule is COc1ccccc1/C=N/NC(=O)COc1ccc(C(C)(C)CC(C)(C)C)cc1. The Kier molecular flexibility index (Phi) is 7.43. The van der Waals surface area contributed by atoms with Crippen molar-refractivity contribution in [2.24, 2.45) is 10.5 Å². The van der Waals surface area contributed by atoms with Crippen LogP contribution in [0.2, 0.25) is 0 Å². The number of para-hydroxylation sites is 1. The first kappa shape index (κ1) is 22.5. The Morgan fingerprint density at radius 1 is 1.03 bits per heavy atom. The maximum absolute atomic E-state index is 12.0. The first-order valence-corrected chi connectivity index (χ1v) is 9.79. The highest BCUT2D eigenvalue weighted by Gasteiger charge is 2.27. The molecule has 0 heterocycles. The van der Waals surface area contributed by atoms with Gasteiger partial charge >= 0.3 is 0 Å². The smallest absolute Gasteiger partial charge is 0.277 e. The van der Waals surface area contributed by atoms with Crippen molar-refractivity contribution in [2.75, 3.05) is 13.7 Å². The van der Waals surface area contributed by atoms with Crippen LogP contribution < -0.4 is 14.9 Å². The van der Waals surface area contributed by atoms with Crippen LogP contribution in [-0.2, 0) is 10.2 Å². The molecule has 156 valence electrons. The third-order valence-corrected chi connectivity index (χ3v) is 4.51. The number of benzene rings is 2. The second kappa shape index (κ2) is 9.59. The van der Waals surface area contributed by atoms with E-state index >= 15 is 0 Å². The molecule has 29 heavy (non-hydrogen) atoms. The van der Waals surface area contributed by atoms with Crippen LogP contribution in [0.25, 0.3) is 0 Å². The molecule has 0 bridgehead atoms. The van der Waals surface area contributed by atoms with Crippen molar-refractivity contribution in [1.29, 1.82) is 0 Å². The highest BCUT2D eigenvalue weighted by atomic mass is 16.5. The molecular formula is C24H32N2O3. The fraction of sp³-hybridized carbons (Fsp3) is 0.417. The number of ether oxygens (including phenoxy) is 2. The van der Waals surface area contributed by atoms with Gasteiger partial charge < -0.3 is 9.47 Å². The van der Waals surface area contributed by atoms with Gasteiger partial charge in [-0.15, -0.1) is 0 Å². The van der Waals surface area contributed by atoms with Crippen LogP contribution in [0.1, 0.15) is 52.2 Å². The summed E-state index contributed by atoms with van der Waals surface area (Å²) in [5, 5.41) is 3.96. The zero-order valence-electron chi connectivity index (χ0n) is 18.3. The van der Waals surface area contributed by atoms with Crippen molar-refractivity contribution < 1.29 is 14.3 Å². The van der Waals surface area contributed by atoms with Gasteiger partial charge in [0.05, 0.1) is 13.3 Å². The van der Waals surface area contributed by atoms with E-state index in [1.54, 1.807) is 13.3 Å². The highest BCUT2D eigenvalue weighted by Crippen LogP contribution is 2.36. The molecule has 5 heteroatoms. The minimum atomic E-state index is -0.326. The Bertz CT molecular complexity index is 834. The third-order valence-electron chi connectivity index (χ3n) is 4.51. The monoisotopic (exact) mass is 396 g/mol. The summed E-state index contributed by atoms with van der Waals surface area (Å²) in [6, 6.07) is 15.4. The number of nitrogens with zero attached hydrogens (tertiary/aromatic N) is 1. The largest absolute Gasteiger partial charge is 0.496 e. The van der Waals surface area contributed by atoms with E-state index in [1.807, 2.05) is 36.4 Å². The Balaban J connectivity index is 1.86. The van der Waals surface area contributed by atoms with E-state index in [9.17, 15) is 4.79 Å². The van der Waals surface area contributed by atoms with Crippen LogP contribution in [0.5, 0.6) is 11.5 Å². The number of hydrogen-bond donors (Lipinski definition) is 1. The second-order valence-electron chi connectivity index (χ2n) is 8.97. The molecule has 0 aliphatic rings. The maximum atomic E-state index is 12.0. The fourth-order valence-corrected chi connectivity index (χ4v) is 3.56. The van der Waals surface area contributed by atoms with Gasteiger partial charge in [0.1, 0.15) is 11.5 Å². The molecule has 0 unspecified atom stereocenters. The van der Waals surface area contributed by atoms with E-state index in [-0.39, 0.29) is 23.3 Å². The summed E-state index contributed by atoms with van der Waals surface area (Å²) in [4.78, 5) is 12.0. The molecule has 0 fully saturated rings. The van der Waals surface area contributed by atoms with Crippen LogP contribution in [0.3, 0.4) is 0 Å². The first-order chi connectivity index (χ1) is 13.6. The molecule has 5 nitrogen and oxygen atoms in total. The number of hydrogen-bond acceptors (Lipinski definition) is 4. The molecular weight excluding hydrogens is 364 g/mol. The molecule has 0 saturated carbocycles. The molecule has 1 N–H and O–H groups in total. The normalized spacial score (nSPS) is 12.1. The lowest BCUT2D eigenvalue weighted by Gasteiger charge is -2.33. The number of carbonyl (C=O) groups excluding carboxylic acids is 1. The topological polar surface area (TPSA) is 59.9 Å². The predicted octanol–water partition coefficient (Wildman–Crippen LogP) is 4.94. The van der Waals surface area contributed by atoms with Crippen LogP contribution in [0.15, 0.2) is 53.6 Å². The van der Waals surface area contributed by atoms with Gasteiger partial charge in [0.2, 0.25) is 0 Å². The van der Waals surface area contributed by atoms with Crippen LogP contribution >= 0.6 is 0 Å². The van der Waals surface area contributed by atoms with Crippen molar-refractivity contribution in [2.45, 2.75) is 46.5 Å². The summed E-state index contributed by atoms with van der Waals surface area (Å²) >= 11 is 0. The lowest BCUT2D eigenvalue weighted by Crippen LogP contribution is -2.25. The number of nitrogens with one attached hydrogen (secondary N) is 1. The van der Waals surface area contributed by atoms with E-state index in [0.717, 1.165) is 12.0 Å². The number of carbonyl (C=O) groups is 1. The van der Waals surface area contributed by atoms with Crippen molar-refractivity contribution in [3.05, 3.63) is 59.7 Å². The van der Waals surface area contributed by atoms with Crippen molar-refractivity contribution in [1.82, 2.24) is 5.43 Å². The summed E-state index contributed by atoms with van der Waals surface area (Å²) in [6.45, 7) is 11.2. The molecule has 0 atom stereocenters. The van der Waals surface area contributed by atoms with Crippen molar-refractivity contribution in [3.63, 3.8) is 0 Å². The van der Waals surface area contributed by atoms with E-state index in [4.69, 9.17) is 9.47 Å². The van der Waals surface area contributed by atoms with Gasteiger partial charge in [-0.3, -0.25) is 4.79 Å². The number of amides is 1. The number of hydrazone groups is 1. The molecule has 0 aromatic heterocycles. The van der Waals surface area contributed by atoms with Gasteiger partial charge in [0, 0.05) is 5.56 Å². The molecule has 0 aliphatic carbocycles. The predicted molar refractivity (Wildman–Crippen MR) is 118 cm³/mol. The van der Waals surface area contributed by atoms with E-state index in [0.29, 0.717) is 11.5 Å². The number of methoxy groups -OCH3 is 1. The first-order valence-electron chi connectivity index (χ1n) is 9.79. The Hall–Kier alpha value is -2.82. The molecule has 0 spiro atoms. The van der Waals surface area contributed by atoms with Crippen LogP contribution in [-0.4, -0.2) is 25.8 Å². The van der Waals surface area contributed by atoms with Crippen molar-refractivity contribution in [3.8, 4) is 11.5 Å². The second-order valence-corrected chi connectivity index (χ2v) is 8.97. The molecule has 2 rings (SSSR count). The highest BCUT2D eigenvalue weighted by molar-refractivity contribution is 5.85. The zero-order chi connectivity index (χ0) is 21.5. The summed E-state index contributed by atoms with van der Waals surface area (Å²) < 4.78 is 10.8. The lowest BCUT2D eigenvalue weighted by atomic mass is 9.72. The molecule has 0 aliphatic heterocycles. The van der Waals surface area contributed by atoms with Gasteiger partial charge in [-0.2, -0.15) is 5.10 Å². The lowest BCUT2D eigenvalue weighted by molar-refractivity contribution is -0.123. The Labute approximate surface area is 174 Å². The molecule has 2 aromatic rings. The van der Waals surface area contributed by atoms with Crippen molar-refractivity contribution >= 4 is 12.1 Å². The Morgan fingerprint density at radius 3 is 2.31 bits per heavy atom. The van der Waals surface area contributed by atoms with Gasteiger partial charge in [-0.1, -0.05) is 58.9 Å². The summed E-state index contributed by atoms with van der Waals surface area (Å²) in [7, 11) is 1.59. The average molecular weight is 397 g/mol. The molecule has 1 amide bonds. The van der Waals surface area contributed by atoms with E-state index < -0.39 is 0 Å². The maximum Gasteiger partial charge on any atom is 0.277 e. The van der Waals surface area contributed by atoms with Gasteiger partial charge in [-0.25, -0.2) is 5.43 Å². The number of rotatable bonds is 8. The fourth-order valence-electron chi connectivity index (χ4n) is 3.56. The average Bonchev–Trinajstić information content (AvgIpc) is 2.65. The molecule has 2 aromatic carbocycles. The quantitative estimate of drug-likeness (QED) is 0.508. The molecule has 0 saturated heterocycles. The minimum Gasteiger partial charge on any atom is -0.496 e. The van der Waals surface area contributed by atoms with Gasteiger partial charge in [-0.05, 0) is 47.1 Å². The zero-order valence-corrected chi connectivity index (χ0v) is 18.3. The minimum absolute atomic E-state index is 0.0708. The van der Waals surface area contributed by atoms with Gasteiger partial charge in [0.15, 0.2) is 6.61 Å². The summed E-state index contributed by atoms with van der Waals surface area (Å²) in [5.74, 6) is 1.02.